The maximum atomic E-state index is 12.0. The topological polar surface area (TPSA) is 50.2 Å². The third-order valence-electron chi connectivity index (χ3n) is 2.54. The minimum atomic E-state index is -0.0835. The van der Waals surface area contributed by atoms with Crippen LogP contribution >= 0.6 is 12.2 Å². The number of amides is 1. The Morgan fingerprint density at radius 1 is 1.59 bits per heavy atom. The Bertz CT molecular complexity index is 491. The number of rotatable bonds is 3. The summed E-state index contributed by atoms with van der Waals surface area (Å²) in [6.07, 6.45) is 6.11. The first-order valence-electron chi connectivity index (χ1n) is 5.45. The molecule has 1 aromatic rings. The van der Waals surface area contributed by atoms with Crippen molar-refractivity contribution < 1.29 is 4.79 Å². The number of hydrogen-bond acceptors (Lipinski definition) is 3. The van der Waals surface area contributed by atoms with Crippen LogP contribution in [0.4, 0.5) is 0 Å². The largest absolute Gasteiger partial charge is 0.334 e. The molecule has 1 amide bonds. The van der Waals surface area contributed by atoms with Crippen molar-refractivity contribution in [3.8, 4) is 0 Å². The third kappa shape index (κ3) is 2.21. The molecular weight excluding hydrogens is 236 g/mol. The molecule has 0 radical (unpaired) electrons. The van der Waals surface area contributed by atoms with Gasteiger partial charge in [0.25, 0.3) is 5.91 Å². The fourth-order valence-corrected chi connectivity index (χ4v) is 1.93. The van der Waals surface area contributed by atoms with Gasteiger partial charge in [-0.15, -0.1) is 0 Å². The second-order valence-electron chi connectivity index (χ2n) is 3.84. The molecule has 90 valence electrons. The monoisotopic (exact) mass is 250 g/mol. The molecular formula is C11H14N4OS. The number of nitrogens with one attached hydrogen (secondary N) is 1. The molecule has 0 bridgehead atoms. The quantitative estimate of drug-likeness (QED) is 0.639. The number of nitrogens with zero attached hydrogens (tertiary/aromatic N) is 3. The molecule has 0 atom stereocenters. The molecule has 1 N–H and O–H groups in total. The summed E-state index contributed by atoms with van der Waals surface area (Å²) in [7, 11) is 1.88. The number of carbonyl (C=O) groups is 1. The Morgan fingerprint density at radius 3 is 2.94 bits per heavy atom. The zero-order valence-corrected chi connectivity index (χ0v) is 10.6. The van der Waals surface area contributed by atoms with E-state index < -0.39 is 0 Å². The Balaban J connectivity index is 2.25. The van der Waals surface area contributed by atoms with E-state index in [2.05, 4.69) is 10.3 Å². The fraction of sp³-hybridized carbons (Fsp3) is 0.364. The normalized spacial score (nSPS) is 18.0. The molecule has 0 aliphatic carbocycles. The second-order valence-corrected chi connectivity index (χ2v) is 4.23. The minimum absolute atomic E-state index is 0.0835. The Labute approximate surface area is 105 Å². The van der Waals surface area contributed by atoms with Crippen LogP contribution in [0.1, 0.15) is 19.2 Å². The van der Waals surface area contributed by atoms with Gasteiger partial charge < -0.3 is 9.88 Å². The molecule has 1 saturated heterocycles. The highest BCUT2D eigenvalue weighted by Gasteiger charge is 2.29. The first-order chi connectivity index (χ1) is 8.13. The Kier molecular flexibility index (Phi) is 3.23. The van der Waals surface area contributed by atoms with Gasteiger partial charge >= 0.3 is 0 Å². The molecule has 1 aliphatic heterocycles. The summed E-state index contributed by atoms with van der Waals surface area (Å²) in [5, 5.41) is 3.39. The molecule has 1 fully saturated rings. The molecule has 1 aromatic heterocycles. The van der Waals surface area contributed by atoms with Gasteiger partial charge in [0.15, 0.2) is 5.11 Å². The van der Waals surface area contributed by atoms with Crippen molar-refractivity contribution in [1.82, 2.24) is 19.8 Å². The van der Waals surface area contributed by atoms with Crippen LogP contribution in [0.15, 0.2) is 18.1 Å². The highest BCUT2D eigenvalue weighted by atomic mass is 32.1. The van der Waals surface area contributed by atoms with Crippen LogP contribution in [0.25, 0.3) is 6.08 Å². The summed E-state index contributed by atoms with van der Waals surface area (Å²) in [4.78, 5) is 17.7. The lowest BCUT2D eigenvalue weighted by Gasteiger charge is -2.11. The maximum absolute atomic E-state index is 12.0. The Hall–Kier alpha value is -1.69. The van der Waals surface area contributed by atoms with E-state index in [-0.39, 0.29) is 5.91 Å². The van der Waals surface area contributed by atoms with Crippen LogP contribution in [0.3, 0.4) is 0 Å². The molecule has 0 unspecified atom stereocenters. The first kappa shape index (κ1) is 11.8. The number of aryl methyl sites for hydroxylation is 1. The van der Waals surface area contributed by atoms with Crippen molar-refractivity contribution in [3.63, 3.8) is 0 Å². The van der Waals surface area contributed by atoms with Crippen LogP contribution in [0.2, 0.25) is 0 Å². The number of carbonyl (C=O) groups excluding carboxylic acids is 1. The van der Waals surface area contributed by atoms with Crippen molar-refractivity contribution in [1.29, 1.82) is 0 Å². The van der Waals surface area contributed by atoms with E-state index in [0.717, 1.165) is 12.2 Å². The van der Waals surface area contributed by atoms with Crippen LogP contribution in [-0.4, -0.2) is 32.0 Å². The van der Waals surface area contributed by atoms with Crippen LogP contribution in [0.5, 0.6) is 0 Å². The minimum Gasteiger partial charge on any atom is -0.334 e. The van der Waals surface area contributed by atoms with E-state index in [9.17, 15) is 4.79 Å². The summed E-state index contributed by atoms with van der Waals surface area (Å²) in [6.45, 7) is 2.65. The maximum Gasteiger partial charge on any atom is 0.276 e. The van der Waals surface area contributed by atoms with Crippen molar-refractivity contribution in [2.24, 2.45) is 7.05 Å². The molecule has 2 heterocycles. The summed E-state index contributed by atoms with van der Waals surface area (Å²) < 4.78 is 1.84. The van der Waals surface area contributed by atoms with Gasteiger partial charge in [0.05, 0.1) is 0 Å². The molecule has 0 aromatic carbocycles. The van der Waals surface area contributed by atoms with E-state index in [1.807, 2.05) is 24.7 Å². The zero-order chi connectivity index (χ0) is 12.4. The highest BCUT2D eigenvalue weighted by Crippen LogP contribution is 2.13. The summed E-state index contributed by atoms with van der Waals surface area (Å²) in [6, 6.07) is 0. The molecule has 0 saturated carbocycles. The number of imidazole rings is 1. The molecule has 6 heteroatoms. The van der Waals surface area contributed by atoms with E-state index in [1.165, 1.54) is 0 Å². The van der Waals surface area contributed by atoms with Gasteiger partial charge in [-0.1, -0.05) is 6.92 Å². The predicted molar refractivity (Wildman–Crippen MR) is 68.9 cm³/mol. The van der Waals surface area contributed by atoms with Gasteiger partial charge in [-0.05, 0) is 18.6 Å². The summed E-state index contributed by atoms with van der Waals surface area (Å²) >= 11 is 5.11. The van der Waals surface area contributed by atoms with Crippen LogP contribution in [0, 0.1) is 0 Å². The van der Waals surface area contributed by atoms with Gasteiger partial charge in [-0.2, -0.15) is 0 Å². The molecule has 17 heavy (non-hydrogen) atoms. The number of hydrogen-bond donors (Lipinski definition) is 1. The van der Waals surface area contributed by atoms with E-state index in [1.54, 1.807) is 17.2 Å². The zero-order valence-electron chi connectivity index (χ0n) is 9.80. The summed E-state index contributed by atoms with van der Waals surface area (Å²) in [5.41, 5.74) is 0.484. The van der Waals surface area contributed by atoms with Crippen molar-refractivity contribution in [3.05, 3.63) is 23.9 Å². The summed E-state index contributed by atoms with van der Waals surface area (Å²) in [5.74, 6) is 0.641. The lowest BCUT2D eigenvalue weighted by Crippen LogP contribution is -2.31. The van der Waals surface area contributed by atoms with Gasteiger partial charge in [-0.25, -0.2) is 4.98 Å². The first-order valence-corrected chi connectivity index (χ1v) is 5.86. The van der Waals surface area contributed by atoms with Gasteiger partial charge in [0, 0.05) is 32.1 Å². The van der Waals surface area contributed by atoms with Crippen LogP contribution < -0.4 is 5.32 Å². The number of thiocarbonyl (C=S) groups is 1. The predicted octanol–water partition coefficient (Wildman–Crippen LogP) is 0.888. The molecule has 1 aliphatic rings. The van der Waals surface area contributed by atoms with E-state index in [0.29, 0.717) is 17.4 Å². The Morgan fingerprint density at radius 2 is 2.35 bits per heavy atom. The number of aromatic nitrogens is 2. The standard InChI is InChI=1S/C11H14N4OS/c1-3-5-15-10(16)8(13-11(15)17)7-9-12-4-6-14(9)2/h4,6-7H,3,5H2,1-2H3,(H,13,17)/b8-7-. The van der Waals surface area contributed by atoms with E-state index in [4.69, 9.17) is 12.2 Å². The van der Waals surface area contributed by atoms with Gasteiger partial charge in [0.2, 0.25) is 0 Å². The average Bonchev–Trinajstić information content (AvgIpc) is 2.79. The van der Waals surface area contributed by atoms with Crippen molar-refractivity contribution >= 4 is 29.3 Å². The van der Waals surface area contributed by atoms with Crippen LogP contribution in [-0.2, 0) is 11.8 Å². The van der Waals surface area contributed by atoms with Crippen molar-refractivity contribution in [2.45, 2.75) is 13.3 Å². The van der Waals surface area contributed by atoms with E-state index >= 15 is 0 Å². The smallest absolute Gasteiger partial charge is 0.276 e. The van der Waals surface area contributed by atoms with Crippen molar-refractivity contribution in [2.75, 3.05) is 6.54 Å². The third-order valence-corrected chi connectivity index (χ3v) is 2.86. The molecule has 5 nitrogen and oxygen atoms in total. The lowest BCUT2D eigenvalue weighted by atomic mass is 10.3. The van der Waals surface area contributed by atoms with Gasteiger partial charge in [0.1, 0.15) is 11.5 Å². The highest BCUT2D eigenvalue weighted by molar-refractivity contribution is 7.80. The molecule has 2 rings (SSSR count). The second kappa shape index (κ2) is 4.67. The SMILES string of the molecule is CCCN1C(=O)/C(=C/c2nccn2C)NC1=S. The average molecular weight is 250 g/mol. The lowest BCUT2D eigenvalue weighted by molar-refractivity contribution is -0.122. The molecule has 0 spiro atoms. The van der Waals surface area contributed by atoms with Gasteiger partial charge in [-0.3, -0.25) is 9.69 Å². The fourth-order valence-electron chi connectivity index (χ4n) is 1.64.